The van der Waals surface area contributed by atoms with Crippen molar-refractivity contribution in [3.8, 4) is 0 Å². The molecule has 0 saturated carbocycles. The molecule has 1 unspecified atom stereocenters. The molecule has 0 spiro atoms. The lowest BCUT2D eigenvalue weighted by Gasteiger charge is -2.09. The fourth-order valence-electron chi connectivity index (χ4n) is 1.35. The third-order valence-corrected chi connectivity index (χ3v) is 2.21. The Bertz CT molecular complexity index is 449. The number of benzene rings is 1. The zero-order valence-electron chi connectivity index (χ0n) is 10.2. The topological polar surface area (TPSA) is 98.3 Å². The Morgan fingerprint density at radius 1 is 1.56 bits per heavy atom. The van der Waals surface area contributed by atoms with Crippen molar-refractivity contribution in [3.63, 3.8) is 0 Å². The van der Waals surface area contributed by atoms with Gasteiger partial charge in [0.25, 0.3) is 5.69 Å². The van der Waals surface area contributed by atoms with Crippen molar-refractivity contribution < 1.29 is 9.72 Å². The maximum atomic E-state index is 11.5. The summed E-state index contributed by atoms with van der Waals surface area (Å²) in [5.74, 6) is -0.247. The lowest BCUT2D eigenvalue weighted by molar-refractivity contribution is -0.384. The summed E-state index contributed by atoms with van der Waals surface area (Å²) < 4.78 is 0. The summed E-state index contributed by atoms with van der Waals surface area (Å²) in [7, 11) is 0. The predicted molar refractivity (Wildman–Crippen MR) is 72.0 cm³/mol. The van der Waals surface area contributed by atoms with Gasteiger partial charge in [-0.25, -0.2) is 0 Å². The van der Waals surface area contributed by atoms with Gasteiger partial charge in [0.05, 0.1) is 10.6 Å². The van der Waals surface area contributed by atoms with Gasteiger partial charge in [-0.05, 0) is 19.4 Å². The van der Waals surface area contributed by atoms with Gasteiger partial charge in [-0.3, -0.25) is 14.9 Å². The summed E-state index contributed by atoms with van der Waals surface area (Å²) in [6, 6.07) is 4.10. The lowest BCUT2D eigenvalue weighted by atomic mass is 10.1. The van der Waals surface area contributed by atoms with Gasteiger partial charge < -0.3 is 11.1 Å². The molecule has 3 N–H and O–H groups in total. The van der Waals surface area contributed by atoms with Crippen LogP contribution in [0.1, 0.15) is 18.9 Å². The number of hydrogen-bond acceptors (Lipinski definition) is 4. The van der Waals surface area contributed by atoms with Gasteiger partial charge >= 0.3 is 0 Å². The molecule has 0 aliphatic carbocycles. The molecule has 1 aromatic rings. The summed E-state index contributed by atoms with van der Waals surface area (Å²) in [5, 5.41) is 13.2. The normalized spacial score (nSPS) is 11.3. The number of amides is 1. The van der Waals surface area contributed by atoms with Crippen LogP contribution in [0.3, 0.4) is 0 Å². The second kappa shape index (κ2) is 6.93. The molecule has 0 fully saturated rings. The van der Waals surface area contributed by atoms with Crippen LogP contribution in [0.4, 0.5) is 11.4 Å². The van der Waals surface area contributed by atoms with E-state index in [0.29, 0.717) is 5.69 Å². The van der Waals surface area contributed by atoms with Gasteiger partial charge in [0, 0.05) is 24.6 Å². The van der Waals surface area contributed by atoms with E-state index in [4.69, 9.17) is 5.73 Å². The molecule has 6 nitrogen and oxygen atoms in total. The monoisotopic (exact) mass is 273 g/mol. The van der Waals surface area contributed by atoms with Gasteiger partial charge in [0.1, 0.15) is 0 Å². The average Bonchev–Trinajstić information content (AvgIpc) is 2.19. The first-order chi connectivity index (χ1) is 7.90. The Labute approximate surface area is 111 Å². The molecule has 0 aromatic heterocycles. The van der Waals surface area contributed by atoms with Crippen molar-refractivity contribution in [1.82, 2.24) is 0 Å². The zero-order valence-corrected chi connectivity index (χ0v) is 11.0. The van der Waals surface area contributed by atoms with Crippen LogP contribution < -0.4 is 11.1 Å². The number of nitrogens with zero attached hydrogens (tertiary/aromatic N) is 1. The van der Waals surface area contributed by atoms with E-state index < -0.39 is 4.92 Å². The Morgan fingerprint density at radius 2 is 2.17 bits per heavy atom. The number of carbonyl (C=O) groups is 1. The summed E-state index contributed by atoms with van der Waals surface area (Å²) in [6.45, 7) is 3.49. The lowest BCUT2D eigenvalue weighted by Crippen LogP contribution is -2.24. The minimum absolute atomic E-state index is 0. The smallest absolute Gasteiger partial charge is 0.271 e. The number of nitrogens with one attached hydrogen (secondary N) is 1. The van der Waals surface area contributed by atoms with Crippen LogP contribution in [0.25, 0.3) is 0 Å². The Hall–Kier alpha value is -1.66. The largest absolute Gasteiger partial charge is 0.327 e. The van der Waals surface area contributed by atoms with Crippen LogP contribution in [-0.2, 0) is 4.79 Å². The number of hydrogen-bond donors (Lipinski definition) is 2. The second-order valence-electron chi connectivity index (χ2n) is 3.99. The van der Waals surface area contributed by atoms with E-state index in [1.807, 2.05) is 0 Å². The fourth-order valence-corrected chi connectivity index (χ4v) is 1.35. The van der Waals surface area contributed by atoms with Crippen molar-refractivity contribution in [2.75, 3.05) is 5.32 Å². The van der Waals surface area contributed by atoms with Crippen LogP contribution >= 0.6 is 12.4 Å². The van der Waals surface area contributed by atoms with Crippen LogP contribution in [0, 0.1) is 17.0 Å². The minimum atomic E-state index is -0.499. The highest BCUT2D eigenvalue weighted by Gasteiger charge is 2.11. The van der Waals surface area contributed by atoms with Crippen LogP contribution in [-0.4, -0.2) is 16.9 Å². The fraction of sp³-hybridized carbons (Fsp3) is 0.364. The molecule has 1 aromatic carbocycles. The minimum Gasteiger partial charge on any atom is -0.327 e. The molecule has 18 heavy (non-hydrogen) atoms. The van der Waals surface area contributed by atoms with Crippen LogP contribution in [0.5, 0.6) is 0 Å². The maximum absolute atomic E-state index is 11.5. The molecular weight excluding hydrogens is 258 g/mol. The van der Waals surface area contributed by atoms with Gasteiger partial charge in [0.15, 0.2) is 0 Å². The highest BCUT2D eigenvalue weighted by molar-refractivity contribution is 5.92. The number of nitro groups is 1. The summed E-state index contributed by atoms with van der Waals surface area (Å²) >= 11 is 0. The Balaban J connectivity index is 0.00000289. The number of carbonyl (C=O) groups excluding carboxylic acids is 1. The molecule has 0 saturated heterocycles. The number of anilines is 1. The average molecular weight is 274 g/mol. The summed E-state index contributed by atoms with van der Waals surface area (Å²) in [6.07, 6.45) is 0.183. The molecule has 100 valence electrons. The molecule has 1 rings (SSSR count). The zero-order chi connectivity index (χ0) is 13.0. The Morgan fingerprint density at radius 3 is 2.67 bits per heavy atom. The van der Waals surface area contributed by atoms with Crippen LogP contribution in [0.15, 0.2) is 18.2 Å². The number of non-ortho nitro benzene ring substituents is 1. The quantitative estimate of drug-likeness (QED) is 0.647. The molecule has 0 heterocycles. The number of halogens is 1. The third-order valence-electron chi connectivity index (χ3n) is 2.21. The van der Waals surface area contributed by atoms with Crippen molar-refractivity contribution in [1.29, 1.82) is 0 Å². The highest BCUT2D eigenvalue weighted by atomic mass is 35.5. The van der Waals surface area contributed by atoms with Crippen molar-refractivity contribution >= 4 is 29.7 Å². The maximum Gasteiger partial charge on any atom is 0.271 e. The molecule has 1 amide bonds. The van der Waals surface area contributed by atoms with E-state index in [1.54, 1.807) is 19.9 Å². The number of nitrogens with two attached hydrogens (primary N) is 1. The van der Waals surface area contributed by atoms with E-state index in [1.165, 1.54) is 12.1 Å². The molecular formula is C11H16ClN3O3. The van der Waals surface area contributed by atoms with E-state index in [-0.39, 0.29) is 36.5 Å². The van der Waals surface area contributed by atoms with Gasteiger partial charge in [0.2, 0.25) is 5.91 Å². The van der Waals surface area contributed by atoms with E-state index >= 15 is 0 Å². The summed E-state index contributed by atoms with van der Waals surface area (Å²) in [4.78, 5) is 21.6. The van der Waals surface area contributed by atoms with Crippen molar-refractivity contribution in [2.24, 2.45) is 5.73 Å². The summed E-state index contributed by atoms with van der Waals surface area (Å²) in [5.41, 5.74) is 6.67. The van der Waals surface area contributed by atoms with E-state index in [9.17, 15) is 14.9 Å². The molecule has 0 radical (unpaired) electrons. The number of nitro benzene ring substituents is 1. The second-order valence-corrected chi connectivity index (χ2v) is 3.99. The van der Waals surface area contributed by atoms with E-state index in [2.05, 4.69) is 5.32 Å². The van der Waals surface area contributed by atoms with Crippen molar-refractivity contribution in [3.05, 3.63) is 33.9 Å². The molecule has 0 aliphatic rings. The number of aryl methyl sites for hydroxylation is 1. The molecule has 0 aliphatic heterocycles. The van der Waals surface area contributed by atoms with E-state index in [0.717, 1.165) is 5.56 Å². The molecule has 0 bridgehead atoms. The first-order valence-corrected chi connectivity index (χ1v) is 5.20. The standard InChI is InChI=1S/C11H15N3O3.ClH/c1-7-3-4-9(14(16)17)6-10(7)13-11(15)5-8(2)12;/h3-4,6,8H,5,12H2,1-2H3,(H,13,15);1H. The molecule has 1 atom stereocenters. The predicted octanol–water partition coefficient (Wildman–Crippen LogP) is 2.00. The molecule has 7 heteroatoms. The first kappa shape index (κ1) is 16.3. The van der Waals surface area contributed by atoms with Gasteiger partial charge in [-0.15, -0.1) is 12.4 Å². The first-order valence-electron chi connectivity index (χ1n) is 5.20. The SMILES string of the molecule is Cc1ccc([N+](=O)[O-])cc1NC(=O)CC(C)N.Cl. The number of rotatable bonds is 4. The van der Waals surface area contributed by atoms with Crippen molar-refractivity contribution in [2.45, 2.75) is 26.3 Å². The third kappa shape index (κ3) is 4.68. The highest BCUT2D eigenvalue weighted by Crippen LogP contribution is 2.21. The van der Waals surface area contributed by atoms with Gasteiger partial charge in [-0.2, -0.15) is 0 Å². The van der Waals surface area contributed by atoms with Crippen LogP contribution in [0.2, 0.25) is 0 Å². The van der Waals surface area contributed by atoms with Gasteiger partial charge in [-0.1, -0.05) is 6.07 Å². The Kier molecular flexibility index (Phi) is 6.29.